The normalized spacial score (nSPS) is 12.8. The van der Waals surface area contributed by atoms with Crippen LogP contribution in [0.4, 0.5) is 0 Å². The average Bonchev–Trinajstić information content (AvgIpc) is 1.83. The first-order chi connectivity index (χ1) is 5.73. The van der Waals surface area contributed by atoms with E-state index in [1.807, 2.05) is 6.20 Å². The summed E-state index contributed by atoms with van der Waals surface area (Å²) < 4.78 is 0. The molecular formula is C12H25N. The fourth-order valence-electron chi connectivity index (χ4n) is 2.20. The van der Waals surface area contributed by atoms with Gasteiger partial charge < -0.3 is 4.90 Å². The van der Waals surface area contributed by atoms with Gasteiger partial charge in [0.15, 0.2) is 0 Å². The number of hydrogen-bond acceptors (Lipinski definition) is 1. The summed E-state index contributed by atoms with van der Waals surface area (Å²) in [6.45, 7) is 18.5. The fourth-order valence-corrected chi connectivity index (χ4v) is 2.20. The van der Waals surface area contributed by atoms with Gasteiger partial charge in [-0.2, -0.15) is 0 Å². The van der Waals surface area contributed by atoms with Crippen LogP contribution in [0, 0.1) is 5.41 Å². The Morgan fingerprint density at radius 1 is 1.15 bits per heavy atom. The Hall–Kier alpha value is -0.460. The van der Waals surface area contributed by atoms with E-state index in [0.717, 1.165) is 6.54 Å². The molecule has 0 aromatic carbocycles. The van der Waals surface area contributed by atoms with Crippen LogP contribution in [0.3, 0.4) is 0 Å². The van der Waals surface area contributed by atoms with E-state index in [-0.39, 0.29) is 5.54 Å². The maximum atomic E-state index is 3.85. The lowest BCUT2D eigenvalue weighted by Gasteiger charge is -2.41. The smallest absolute Gasteiger partial charge is 0.0345 e. The fraction of sp³-hybridized carbons (Fsp3) is 0.833. The van der Waals surface area contributed by atoms with E-state index < -0.39 is 0 Å². The van der Waals surface area contributed by atoms with Crippen LogP contribution in [0.1, 0.15) is 48.0 Å². The van der Waals surface area contributed by atoms with Crippen molar-refractivity contribution in [3.05, 3.63) is 12.8 Å². The van der Waals surface area contributed by atoms with Gasteiger partial charge in [0.2, 0.25) is 0 Å². The van der Waals surface area contributed by atoms with Gasteiger partial charge in [0.1, 0.15) is 0 Å². The van der Waals surface area contributed by atoms with Crippen molar-refractivity contribution < 1.29 is 0 Å². The molecule has 0 saturated heterocycles. The lowest BCUT2D eigenvalue weighted by molar-refractivity contribution is 0.130. The molecule has 0 aromatic rings. The van der Waals surface area contributed by atoms with Gasteiger partial charge in [-0.05, 0) is 38.8 Å². The van der Waals surface area contributed by atoms with Crippen LogP contribution in [0.5, 0.6) is 0 Å². The zero-order valence-electron chi connectivity index (χ0n) is 10.1. The molecule has 0 bridgehead atoms. The van der Waals surface area contributed by atoms with Gasteiger partial charge >= 0.3 is 0 Å². The Labute approximate surface area is 83.8 Å². The maximum Gasteiger partial charge on any atom is 0.0345 e. The molecule has 0 fully saturated rings. The van der Waals surface area contributed by atoms with E-state index in [0.29, 0.717) is 5.41 Å². The molecule has 1 nitrogen and oxygen atoms in total. The van der Waals surface area contributed by atoms with Crippen molar-refractivity contribution in [1.29, 1.82) is 0 Å². The van der Waals surface area contributed by atoms with Crippen molar-refractivity contribution in [2.24, 2.45) is 5.41 Å². The molecule has 0 aliphatic carbocycles. The number of nitrogens with zero attached hydrogens (tertiary/aromatic N) is 1. The highest BCUT2D eigenvalue weighted by Crippen LogP contribution is 2.31. The van der Waals surface area contributed by atoms with Gasteiger partial charge in [-0.25, -0.2) is 0 Å². The standard InChI is InChI=1S/C12H25N/c1-8-13(9-2)12(6,7)10-11(3,4)5/h8H,1,9-10H2,2-7H3. The second-order valence-corrected chi connectivity index (χ2v) is 5.52. The van der Waals surface area contributed by atoms with Crippen LogP contribution in [-0.4, -0.2) is 17.0 Å². The topological polar surface area (TPSA) is 3.24 Å². The summed E-state index contributed by atoms with van der Waals surface area (Å²) >= 11 is 0. The van der Waals surface area contributed by atoms with Gasteiger partial charge in [-0.1, -0.05) is 27.4 Å². The highest BCUT2D eigenvalue weighted by atomic mass is 15.2. The van der Waals surface area contributed by atoms with Gasteiger partial charge in [-0.3, -0.25) is 0 Å². The molecule has 0 radical (unpaired) electrons. The maximum absolute atomic E-state index is 3.85. The van der Waals surface area contributed by atoms with Crippen molar-refractivity contribution in [2.75, 3.05) is 6.54 Å². The molecule has 0 spiro atoms. The van der Waals surface area contributed by atoms with E-state index in [1.165, 1.54) is 6.42 Å². The Bertz CT molecular complexity index is 162. The number of rotatable bonds is 4. The molecule has 1 heteroatoms. The van der Waals surface area contributed by atoms with Crippen molar-refractivity contribution in [2.45, 2.75) is 53.5 Å². The molecule has 0 saturated carbocycles. The molecule has 0 atom stereocenters. The third kappa shape index (κ3) is 4.35. The van der Waals surface area contributed by atoms with E-state index >= 15 is 0 Å². The van der Waals surface area contributed by atoms with E-state index in [4.69, 9.17) is 0 Å². The van der Waals surface area contributed by atoms with E-state index in [2.05, 4.69) is 53.0 Å². The van der Waals surface area contributed by atoms with Gasteiger partial charge in [-0.15, -0.1) is 0 Å². The third-order valence-corrected chi connectivity index (χ3v) is 2.30. The van der Waals surface area contributed by atoms with Crippen molar-refractivity contribution in [3.8, 4) is 0 Å². The molecule has 0 aliphatic rings. The first-order valence-corrected chi connectivity index (χ1v) is 5.12. The lowest BCUT2D eigenvalue weighted by atomic mass is 9.81. The second-order valence-electron chi connectivity index (χ2n) is 5.52. The van der Waals surface area contributed by atoms with Crippen molar-refractivity contribution in [3.63, 3.8) is 0 Å². The molecule has 0 rings (SSSR count). The predicted octanol–water partition coefficient (Wildman–Crippen LogP) is 3.67. The molecule has 0 heterocycles. The summed E-state index contributed by atoms with van der Waals surface area (Å²) in [5, 5.41) is 0. The summed E-state index contributed by atoms with van der Waals surface area (Å²) in [7, 11) is 0. The third-order valence-electron chi connectivity index (χ3n) is 2.30. The largest absolute Gasteiger partial charge is 0.373 e. The molecule has 78 valence electrons. The summed E-state index contributed by atoms with van der Waals surface area (Å²) in [6.07, 6.45) is 3.13. The van der Waals surface area contributed by atoms with Crippen LogP contribution in [-0.2, 0) is 0 Å². The number of hydrogen-bond donors (Lipinski definition) is 0. The minimum absolute atomic E-state index is 0.217. The van der Waals surface area contributed by atoms with Crippen LogP contribution in [0.2, 0.25) is 0 Å². The first-order valence-electron chi connectivity index (χ1n) is 5.12. The molecule has 0 unspecified atom stereocenters. The Morgan fingerprint density at radius 3 is 1.85 bits per heavy atom. The second kappa shape index (κ2) is 4.17. The highest BCUT2D eigenvalue weighted by Gasteiger charge is 2.28. The van der Waals surface area contributed by atoms with Crippen LogP contribution in [0.25, 0.3) is 0 Å². The van der Waals surface area contributed by atoms with Crippen LogP contribution >= 0.6 is 0 Å². The van der Waals surface area contributed by atoms with Gasteiger partial charge in [0, 0.05) is 12.1 Å². The summed E-state index contributed by atoms with van der Waals surface area (Å²) in [5.41, 5.74) is 0.592. The zero-order chi connectivity index (χ0) is 10.7. The Kier molecular flexibility index (Phi) is 4.02. The molecule has 0 aromatic heterocycles. The summed E-state index contributed by atoms with van der Waals surface area (Å²) in [6, 6.07) is 0. The monoisotopic (exact) mass is 183 g/mol. The lowest BCUT2D eigenvalue weighted by Crippen LogP contribution is -2.42. The van der Waals surface area contributed by atoms with Crippen molar-refractivity contribution in [1.82, 2.24) is 4.90 Å². The summed E-state index contributed by atoms with van der Waals surface area (Å²) in [5.74, 6) is 0. The SMILES string of the molecule is C=CN(CC)C(C)(C)CC(C)(C)C. The predicted molar refractivity (Wildman–Crippen MR) is 60.7 cm³/mol. The molecular weight excluding hydrogens is 158 g/mol. The highest BCUT2D eigenvalue weighted by molar-refractivity contribution is 4.90. The molecule has 0 N–H and O–H groups in total. The molecule has 13 heavy (non-hydrogen) atoms. The van der Waals surface area contributed by atoms with E-state index in [1.54, 1.807) is 0 Å². The van der Waals surface area contributed by atoms with Crippen LogP contribution < -0.4 is 0 Å². The average molecular weight is 183 g/mol. The molecule has 0 aliphatic heterocycles. The zero-order valence-corrected chi connectivity index (χ0v) is 10.1. The van der Waals surface area contributed by atoms with Crippen LogP contribution in [0.15, 0.2) is 12.8 Å². The first kappa shape index (κ1) is 12.5. The van der Waals surface area contributed by atoms with Gasteiger partial charge in [0.05, 0.1) is 0 Å². The van der Waals surface area contributed by atoms with E-state index in [9.17, 15) is 0 Å². The van der Waals surface area contributed by atoms with Crippen molar-refractivity contribution >= 4 is 0 Å². The Morgan fingerprint density at radius 2 is 1.62 bits per heavy atom. The molecule has 0 amide bonds. The minimum Gasteiger partial charge on any atom is -0.373 e. The van der Waals surface area contributed by atoms with Gasteiger partial charge in [0.25, 0.3) is 0 Å². The minimum atomic E-state index is 0.217. The quantitative estimate of drug-likeness (QED) is 0.643. The summed E-state index contributed by atoms with van der Waals surface area (Å²) in [4.78, 5) is 2.30. The Balaban J connectivity index is 4.45.